The molecule has 1 aliphatic heterocycles. The van der Waals surface area contributed by atoms with Crippen molar-refractivity contribution in [3.8, 4) is 0 Å². The Morgan fingerprint density at radius 3 is 2.48 bits per heavy atom. The Hall–Kier alpha value is -2.37. The van der Waals surface area contributed by atoms with Crippen LogP contribution in [0.4, 0.5) is 0 Å². The summed E-state index contributed by atoms with van der Waals surface area (Å²) in [6, 6.07) is 8.42. The lowest BCUT2D eigenvalue weighted by molar-refractivity contribution is -0.156. The Morgan fingerprint density at radius 2 is 1.86 bits per heavy atom. The van der Waals surface area contributed by atoms with Crippen LogP contribution in [0.15, 0.2) is 30.3 Å². The van der Waals surface area contributed by atoms with Crippen LogP contribution in [-0.4, -0.2) is 51.8 Å². The minimum Gasteiger partial charge on any atom is -0.480 e. The van der Waals surface area contributed by atoms with Crippen molar-refractivity contribution >= 4 is 17.8 Å². The number of carboxylic acids is 1. The van der Waals surface area contributed by atoms with Gasteiger partial charge in [-0.05, 0) is 18.9 Å². The molecule has 0 saturated carbocycles. The highest BCUT2D eigenvalue weighted by Crippen LogP contribution is 2.13. The van der Waals surface area contributed by atoms with Gasteiger partial charge in [-0.1, -0.05) is 30.3 Å². The van der Waals surface area contributed by atoms with Crippen molar-refractivity contribution in [2.75, 3.05) is 13.1 Å². The normalized spacial score (nSPS) is 17.6. The van der Waals surface area contributed by atoms with Gasteiger partial charge in [-0.3, -0.25) is 9.59 Å². The highest BCUT2D eigenvalue weighted by Gasteiger charge is 2.35. The van der Waals surface area contributed by atoms with Crippen molar-refractivity contribution < 1.29 is 19.5 Å². The van der Waals surface area contributed by atoms with Crippen LogP contribution in [0.1, 0.15) is 18.9 Å². The zero-order chi connectivity index (χ0) is 15.4. The summed E-state index contributed by atoms with van der Waals surface area (Å²) in [6.45, 7) is 2.51. The number of aliphatic carboxylic acids is 1. The molecular weight excluding hydrogens is 272 g/mol. The third-order valence-electron chi connectivity index (χ3n) is 3.60. The van der Waals surface area contributed by atoms with Gasteiger partial charge in [0.15, 0.2) is 0 Å². The van der Waals surface area contributed by atoms with E-state index in [1.54, 1.807) is 0 Å². The molecule has 1 aliphatic rings. The lowest BCUT2D eigenvalue weighted by Crippen LogP contribution is -2.48. The molecule has 1 N–H and O–H groups in total. The van der Waals surface area contributed by atoms with Crippen molar-refractivity contribution in [3.63, 3.8) is 0 Å². The molecule has 21 heavy (non-hydrogen) atoms. The topological polar surface area (TPSA) is 77.9 Å². The van der Waals surface area contributed by atoms with E-state index < -0.39 is 23.8 Å². The number of benzene rings is 1. The maximum Gasteiger partial charge on any atom is 0.326 e. The monoisotopic (exact) mass is 290 g/mol. The largest absolute Gasteiger partial charge is 0.480 e. The molecule has 6 heteroatoms. The van der Waals surface area contributed by atoms with Crippen LogP contribution in [0.2, 0.25) is 0 Å². The van der Waals surface area contributed by atoms with Crippen molar-refractivity contribution in [1.82, 2.24) is 9.80 Å². The average Bonchev–Trinajstić information content (AvgIpc) is 2.61. The first kappa shape index (κ1) is 15.0. The fourth-order valence-corrected chi connectivity index (χ4v) is 2.35. The molecule has 1 aromatic carbocycles. The number of carbonyl (C=O) groups is 3. The van der Waals surface area contributed by atoms with Crippen LogP contribution >= 0.6 is 0 Å². The summed E-state index contributed by atoms with van der Waals surface area (Å²) in [5.41, 5.74) is 0.943. The maximum absolute atomic E-state index is 12.2. The highest BCUT2D eigenvalue weighted by atomic mass is 16.4. The Bertz CT molecular complexity index is 544. The van der Waals surface area contributed by atoms with E-state index in [4.69, 9.17) is 5.11 Å². The van der Waals surface area contributed by atoms with Gasteiger partial charge in [0, 0.05) is 19.6 Å². The van der Waals surface area contributed by atoms with E-state index in [-0.39, 0.29) is 6.54 Å². The molecule has 0 spiro atoms. The zero-order valence-corrected chi connectivity index (χ0v) is 11.9. The summed E-state index contributed by atoms with van der Waals surface area (Å²) >= 11 is 0. The Morgan fingerprint density at radius 1 is 1.19 bits per heavy atom. The molecule has 0 radical (unpaired) electrons. The van der Waals surface area contributed by atoms with Gasteiger partial charge < -0.3 is 14.9 Å². The minimum absolute atomic E-state index is 0.281. The molecule has 2 amide bonds. The summed E-state index contributed by atoms with van der Waals surface area (Å²) in [5.74, 6) is -2.48. The molecule has 112 valence electrons. The molecule has 6 nitrogen and oxygen atoms in total. The molecule has 0 bridgehead atoms. The van der Waals surface area contributed by atoms with Gasteiger partial charge in [0.05, 0.1) is 0 Å². The van der Waals surface area contributed by atoms with E-state index in [1.807, 2.05) is 30.3 Å². The van der Waals surface area contributed by atoms with Gasteiger partial charge in [-0.25, -0.2) is 4.79 Å². The van der Waals surface area contributed by atoms with Gasteiger partial charge in [0.2, 0.25) is 0 Å². The fraction of sp³-hybridized carbons (Fsp3) is 0.400. The molecule has 2 rings (SSSR count). The third kappa shape index (κ3) is 3.39. The van der Waals surface area contributed by atoms with E-state index >= 15 is 0 Å². The smallest absolute Gasteiger partial charge is 0.326 e. The first-order valence-corrected chi connectivity index (χ1v) is 6.87. The molecule has 1 saturated heterocycles. The lowest BCUT2D eigenvalue weighted by Gasteiger charge is -2.24. The van der Waals surface area contributed by atoms with E-state index in [2.05, 4.69) is 0 Å². The van der Waals surface area contributed by atoms with Crippen LogP contribution < -0.4 is 0 Å². The van der Waals surface area contributed by atoms with Gasteiger partial charge in [0.25, 0.3) is 0 Å². The summed E-state index contributed by atoms with van der Waals surface area (Å²) < 4.78 is 0. The van der Waals surface area contributed by atoms with Crippen LogP contribution in [0.5, 0.6) is 0 Å². The summed E-state index contributed by atoms with van der Waals surface area (Å²) in [6.07, 6.45) is 0.571. The number of amides is 2. The standard InChI is InChI=1S/C15H18N2O4/c1-11(15(20)21)17-9-5-8-16(13(18)14(17)19)10-12-6-3-2-4-7-12/h2-4,6-7,11H,5,8-10H2,1H3,(H,20,21)/t11-/m1/s1. The predicted molar refractivity (Wildman–Crippen MR) is 75.3 cm³/mol. The molecule has 1 aromatic rings. The Labute approximate surface area is 123 Å². The maximum atomic E-state index is 12.2. The quantitative estimate of drug-likeness (QED) is 0.829. The number of carboxylic acid groups (broad SMARTS) is 1. The van der Waals surface area contributed by atoms with E-state index in [1.165, 1.54) is 11.8 Å². The first-order valence-electron chi connectivity index (χ1n) is 6.87. The number of rotatable bonds is 4. The fourth-order valence-electron chi connectivity index (χ4n) is 2.35. The van der Waals surface area contributed by atoms with Gasteiger partial charge in [-0.2, -0.15) is 0 Å². The number of hydrogen-bond donors (Lipinski definition) is 1. The second kappa shape index (κ2) is 6.39. The van der Waals surface area contributed by atoms with Crippen molar-refractivity contribution in [2.24, 2.45) is 0 Å². The molecule has 0 aromatic heterocycles. The van der Waals surface area contributed by atoms with Crippen LogP contribution in [0.3, 0.4) is 0 Å². The predicted octanol–water partition coefficient (Wildman–Crippen LogP) is 0.721. The third-order valence-corrected chi connectivity index (χ3v) is 3.60. The van der Waals surface area contributed by atoms with Crippen LogP contribution in [0, 0.1) is 0 Å². The Balaban J connectivity index is 2.12. The second-order valence-corrected chi connectivity index (χ2v) is 5.08. The van der Waals surface area contributed by atoms with Gasteiger partial charge in [-0.15, -0.1) is 0 Å². The van der Waals surface area contributed by atoms with E-state index in [9.17, 15) is 14.4 Å². The first-order chi connectivity index (χ1) is 10.0. The summed E-state index contributed by atoms with van der Waals surface area (Å²) in [5, 5.41) is 9.01. The molecule has 1 fully saturated rings. The number of hydrogen-bond acceptors (Lipinski definition) is 3. The van der Waals surface area contributed by atoms with Crippen molar-refractivity contribution in [2.45, 2.75) is 25.9 Å². The van der Waals surface area contributed by atoms with Crippen molar-refractivity contribution in [3.05, 3.63) is 35.9 Å². The molecule has 0 aliphatic carbocycles. The minimum atomic E-state index is -1.10. The van der Waals surface area contributed by atoms with Crippen molar-refractivity contribution in [1.29, 1.82) is 0 Å². The van der Waals surface area contributed by atoms with Crippen LogP contribution in [-0.2, 0) is 20.9 Å². The number of carbonyl (C=O) groups excluding carboxylic acids is 2. The Kier molecular flexibility index (Phi) is 4.57. The van der Waals surface area contributed by atoms with E-state index in [0.29, 0.717) is 19.5 Å². The SMILES string of the molecule is C[C@H](C(=O)O)N1CCCN(Cc2ccccc2)C(=O)C1=O. The van der Waals surface area contributed by atoms with E-state index in [0.717, 1.165) is 10.5 Å². The highest BCUT2D eigenvalue weighted by molar-refractivity contribution is 6.35. The van der Waals surface area contributed by atoms with Gasteiger partial charge >= 0.3 is 17.8 Å². The van der Waals surface area contributed by atoms with Crippen LogP contribution in [0.25, 0.3) is 0 Å². The van der Waals surface area contributed by atoms with Gasteiger partial charge in [0.1, 0.15) is 6.04 Å². The molecule has 0 unspecified atom stereocenters. The summed E-state index contributed by atoms with van der Waals surface area (Å²) in [7, 11) is 0. The number of nitrogens with zero attached hydrogens (tertiary/aromatic N) is 2. The lowest BCUT2D eigenvalue weighted by atomic mass is 10.2. The average molecular weight is 290 g/mol. The molecular formula is C15H18N2O4. The zero-order valence-electron chi connectivity index (χ0n) is 11.9. The molecule has 1 atom stereocenters. The summed E-state index contributed by atoms with van der Waals surface area (Å²) in [4.78, 5) is 38.0. The molecule has 1 heterocycles. The second-order valence-electron chi connectivity index (χ2n) is 5.08.